The van der Waals surface area contributed by atoms with E-state index in [0.29, 0.717) is 23.9 Å². The Kier molecular flexibility index (Phi) is 8.85. The molecule has 2 N–H and O–H groups in total. The third kappa shape index (κ3) is 6.87. The van der Waals surface area contributed by atoms with Gasteiger partial charge < -0.3 is 10.6 Å². The number of guanidine groups is 1. The van der Waals surface area contributed by atoms with Crippen molar-refractivity contribution in [2.45, 2.75) is 24.9 Å². The molecule has 138 valence electrons. The second-order valence-electron chi connectivity index (χ2n) is 5.38. The lowest BCUT2D eigenvalue weighted by Crippen LogP contribution is -2.36. The summed E-state index contributed by atoms with van der Waals surface area (Å²) < 4.78 is 24.4. The smallest absolute Gasteiger partial charge is 0.191 e. The SMILES string of the molecule is CN=C(NCc1ccc(S(C)(=O)=O)c(C)c1)NCc1cc(Br)cs1.I. The molecule has 1 aromatic carbocycles. The summed E-state index contributed by atoms with van der Waals surface area (Å²) in [7, 11) is -1.46. The van der Waals surface area contributed by atoms with Crippen molar-refractivity contribution in [3.05, 3.63) is 50.1 Å². The van der Waals surface area contributed by atoms with Gasteiger partial charge in [-0.15, -0.1) is 35.3 Å². The first kappa shape index (κ1) is 22.4. The number of aliphatic imine (C=N–C) groups is 1. The number of hydrogen-bond acceptors (Lipinski definition) is 4. The average molecular weight is 558 g/mol. The molecule has 0 radical (unpaired) electrons. The van der Waals surface area contributed by atoms with Gasteiger partial charge in [-0.25, -0.2) is 8.42 Å². The molecule has 0 unspecified atom stereocenters. The second-order valence-corrected chi connectivity index (χ2v) is 9.28. The van der Waals surface area contributed by atoms with E-state index in [1.807, 2.05) is 24.4 Å². The summed E-state index contributed by atoms with van der Waals surface area (Å²) in [6.45, 7) is 3.07. The number of benzene rings is 1. The lowest BCUT2D eigenvalue weighted by Gasteiger charge is -2.12. The van der Waals surface area contributed by atoms with Crippen molar-refractivity contribution in [3.63, 3.8) is 0 Å². The Hall–Kier alpha value is -0.650. The van der Waals surface area contributed by atoms with E-state index < -0.39 is 9.84 Å². The van der Waals surface area contributed by atoms with Gasteiger partial charge in [-0.2, -0.15) is 0 Å². The number of halogens is 2. The van der Waals surface area contributed by atoms with Gasteiger partial charge in [0.15, 0.2) is 15.8 Å². The summed E-state index contributed by atoms with van der Waals surface area (Å²) in [6, 6.07) is 7.42. The van der Waals surface area contributed by atoms with E-state index in [9.17, 15) is 8.42 Å². The standard InChI is InChI=1S/C16H20BrN3O2S2.HI/c1-11-6-12(4-5-15(11)24(3,21)22)8-19-16(18-2)20-9-14-7-13(17)10-23-14;/h4-7,10H,8-9H2,1-3H3,(H2,18,19,20);1H. The van der Waals surface area contributed by atoms with Crippen LogP contribution in [-0.4, -0.2) is 27.7 Å². The number of rotatable bonds is 5. The second kappa shape index (κ2) is 9.89. The average Bonchev–Trinajstić information content (AvgIpc) is 2.92. The van der Waals surface area contributed by atoms with E-state index in [2.05, 4.69) is 37.6 Å². The zero-order chi connectivity index (χ0) is 17.7. The maximum Gasteiger partial charge on any atom is 0.191 e. The van der Waals surface area contributed by atoms with Gasteiger partial charge in [0, 0.05) is 34.6 Å². The van der Waals surface area contributed by atoms with Gasteiger partial charge in [-0.05, 0) is 46.1 Å². The molecule has 0 amide bonds. The zero-order valence-electron chi connectivity index (χ0n) is 14.2. The van der Waals surface area contributed by atoms with Crippen LogP contribution in [0.4, 0.5) is 0 Å². The lowest BCUT2D eigenvalue weighted by atomic mass is 10.1. The van der Waals surface area contributed by atoms with Crippen molar-refractivity contribution in [2.75, 3.05) is 13.3 Å². The number of thiophene rings is 1. The molecule has 2 aromatic rings. The minimum atomic E-state index is -3.18. The summed E-state index contributed by atoms with van der Waals surface area (Å²) in [4.78, 5) is 5.77. The van der Waals surface area contributed by atoms with Crippen LogP contribution < -0.4 is 10.6 Å². The van der Waals surface area contributed by atoms with Crippen molar-refractivity contribution < 1.29 is 8.42 Å². The third-order valence-corrected chi connectivity index (χ3v) is 6.33. The Morgan fingerprint density at radius 3 is 2.44 bits per heavy atom. The molecule has 5 nitrogen and oxygen atoms in total. The summed E-state index contributed by atoms with van der Waals surface area (Å²) in [5.41, 5.74) is 1.75. The third-order valence-electron chi connectivity index (χ3n) is 3.37. The normalized spacial score (nSPS) is 11.8. The van der Waals surface area contributed by atoms with Crippen LogP contribution in [0.5, 0.6) is 0 Å². The first-order chi connectivity index (χ1) is 11.3. The molecule has 0 spiro atoms. The van der Waals surface area contributed by atoms with E-state index in [-0.39, 0.29) is 24.0 Å². The molecule has 1 aromatic heterocycles. The van der Waals surface area contributed by atoms with Gasteiger partial charge in [0.05, 0.1) is 11.4 Å². The van der Waals surface area contributed by atoms with Gasteiger partial charge in [0.1, 0.15) is 0 Å². The molecule has 0 saturated carbocycles. The van der Waals surface area contributed by atoms with Crippen LogP contribution in [0, 0.1) is 6.92 Å². The highest BCUT2D eigenvalue weighted by molar-refractivity contribution is 14.0. The Labute approximate surface area is 178 Å². The van der Waals surface area contributed by atoms with Gasteiger partial charge in [-0.1, -0.05) is 12.1 Å². The minimum absolute atomic E-state index is 0. The monoisotopic (exact) mass is 557 g/mol. The van der Waals surface area contributed by atoms with E-state index >= 15 is 0 Å². The molecule has 0 saturated heterocycles. The van der Waals surface area contributed by atoms with Crippen molar-refractivity contribution in [1.82, 2.24) is 10.6 Å². The maximum absolute atomic E-state index is 11.7. The highest BCUT2D eigenvalue weighted by Gasteiger charge is 2.11. The van der Waals surface area contributed by atoms with Crippen LogP contribution in [-0.2, 0) is 22.9 Å². The molecule has 1 heterocycles. The molecule has 0 aliphatic carbocycles. The molecular formula is C16H21BrIN3O2S2. The number of nitrogens with one attached hydrogen (secondary N) is 2. The number of aryl methyl sites for hydroxylation is 1. The van der Waals surface area contributed by atoms with Crippen LogP contribution in [0.2, 0.25) is 0 Å². The fraction of sp³-hybridized carbons (Fsp3) is 0.312. The summed E-state index contributed by atoms with van der Waals surface area (Å²) >= 11 is 5.11. The van der Waals surface area contributed by atoms with Crippen LogP contribution >= 0.6 is 51.2 Å². The van der Waals surface area contributed by atoms with E-state index in [0.717, 1.165) is 15.6 Å². The topological polar surface area (TPSA) is 70.6 Å². The van der Waals surface area contributed by atoms with Crippen LogP contribution in [0.3, 0.4) is 0 Å². The fourth-order valence-electron chi connectivity index (χ4n) is 2.26. The van der Waals surface area contributed by atoms with Crippen molar-refractivity contribution in [2.24, 2.45) is 4.99 Å². The Balaban J connectivity index is 0.00000312. The molecule has 9 heteroatoms. The van der Waals surface area contributed by atoms with E-state index in [1.54, 1.807) is 24.5 Å². The number of sulfone groups is 1. The predicted molar refractivity (Wildman–Crippen MR) is 119 cm³/mol. The van der Waals surface area contributed by atoms with Crippen LogP contribution in [0.15, 0.2) is 44.0 Å². The van der Waals surface area contributed by atoms with Crippen LogP contribution in [0.1, 0.15) is 16.0 Å². The number of nitrogens with zero attached hydrogens (tertiary/aromatic N) is 1. The molecule has 0 bridgehead atoms. The van der Waals surface area contributed by atoms with Crippen molar-refractivity contribution in [3.8, 4) is 0 Å². The van der Waals surface area contributed by atoms with Crippen LogP contribution in [0.25, 0.3) is 0 Å². The first-order valence-corrected chi connectivity index (χ1v) is 10.8. The molecule has 25 heavy (non-hydrogen) atoms. The number of hydrogen-bond donors (Lipinski definition) is 2. The first-order valence-electron chi connectivity index (χ1n) is 7.26. The zero-order valence-corrected chi connectivity index (χ0v) is 19.7. The summed E-state index contributed by atoms with van der Waals surface area (Å²) in [6.07, 6.45) is 1.22. The molecule has 0 atom stereocenters. The molecule has 0 fully saturated rings. The van der Waals surface area contributed by atoms with Gasteiger partial charge in [-0.3, -0.25) is 4.99 Å². The van der Waals surface area contributed by atoms with Gasteiger partial charge in [0.2, 0.25) is 0 Å². The lowest BCUT2D eigenvalue weighted by molar-refractivity contribution is 0.601. The molecular weight excluding hydrogens is 537 g/mol. The summed E-state index contributed by atoms with van der Waals surface area (Å²) in [5, 5.41) is 8.52. The fourth-order valence-corrected chi connectivity index (χ4v) is 4.61. The largest absolute Gasteiger partial charge is 0.352 e. The van der Waals surface area contributed by atoms with Gasteiger partial charge in [0.25, 0.3) is 0 Å². The van der Waals surface area contributed by atoms with Crippen molar-refractivity contribution in [1.29, 1.82) is 0 Å². The minimum Gasteiger partial charge on any atom is -0.352 e. The molecule has 0 aliphatic heterocycles. The highest BCUT2D eigenvalue weighted by atomic mass is 127. The van der Waals surface area contributed by atoms with E-state index in [4.69, 9.17) is 0 Å². The predicted octanol–water partition coefficient (Wildman–Crippen LogP) is 3.71. The highest BCUT2D eigenvalue weighted by Crippen LogP contribution is 2.19. The molecule has 2 rings (SSSR count). The quantitative estimate of drug-likeness (QED) is 0.334. The van der Waals surface area contributed by atoms with Crippen molar-refractivity contribution >= 4 is 67.0 Å². The molecule has 0 aliphatic rings. The maximum atomic E-state index is 11.7. The Morgan fingerprint density at radius 2 is 1.92 bits per heavy atom. The summed E-state index contributed by atoms with van der Waals surface area (Å²) in [5.74, 6) is 0.698. The van der Waals surface area contributed by atoms with Gasteiger partial charge >= 0.3 is 0 Å². The Bertz CT molecular complexity index is 851. The Morgan fingerprint density at radius 1 is 1.24 bits per heavy atom. The van der Waals surface area contributed by atoms with E-state index in [1.165, 1.54) is 11.1 Å².